The topological polar surface area (TPSA) is 9.23 Å². The van der Waals surface area contributed by atoms with E-state index < -0.39 is 8.32 Å². The fraction of sp³-hybridized carbons (Fsp3) is 0.810. The second-order valence-corrected chi connectivity index (χ2v) is 12.9. The highest BCUT2D eigenvalue weighted by molar-refractivity contribution is 9.09. The molecule has 0 N–H and O–H groups in total. The summed E-state index contributed by atoms with van der Waals surface area (Å²) in [6.45, 7) is 18.4. The van der Waals surface area contributed by atoms with Crippen LogP contribution in [0.25, 0.3) is 0 Å². The standard InChI is InChI=1S/C21H41BrOSi/c1-9-17(5)15-18(6)16-20(8)21(19(7)13-14-22)23-24(10-2,11-3)12-4/h13,16-18,21H,9-12,14-15H2,1-8H3/b19-13+,20-16+/t17-,18+,21+/m1/s1. The van der Waals surface area contributed by atoms with Crippen molar-refractivity contribution in [1.29, 1.82) is 0 Å². The van der Waals surface area contributed by atoms with Gasteiger partial charge in [-0.2, -0.15) is 0 Å². The quantitative estimate of drug-likeness (QED) is 0.179. The average molecular weight is 418 g/mol. The van der Waals surface area contributed by atoms with E-state index in [9.17, 15) is 0 Å². The van der Waals surface area contributed by atoms with Crippen LogP contribution in [0.1, 0.15) is 68.2 Å². The molecule has 0 heterocycles. The smallest absolute Gasteiger partial charge is 0.193 e. The second-order valence-electron chi connectivity index (χ2n) is 7.48. The van der Waals surface area contributed by atoms with Crippen LogP contribution in [0.3, 0.4) is 0 Å². The Morgan fingerprint density at radius 2 is 1.54 bits per heavy atom. The van der Waals surface area contributed by atoms with E-state index in [0.717, 1.165) is 11.2 Å². The highest BCUT2D eigenvalue weighted by Gasteiger charge is 2.33. The Hall–Kier alpha value is 0.137. The third-order valence-electron chi connectivity index (χ3n) is 5.55. The molecule has 142 valence electrons. The van der Waals surface area contributed by atoms with E-state index in [4.69, 9.17) is 4.43 Å². The lowest BCUT2D eigenvalue weighted by atomic mass is 9.92. The van der Waals surface area contributed by atoms with Crippen LogP contribution in [0.4, 0.5) is 0 Å². The van der Waals surface area contributed by atoms with E-state index in [0.29, 0.717) is 5.92 Å². The third kappa shape index (κ3) is 8.01. The Balaban J connectivity index is 5.44. The van der Waals surface area contributed by atoms with Gasteiger partial charge < -0.3 is 4.43 Å². The van der Waals surface area contributed by atoms with Crippen LogP contribution in [-0.2, 0) is 4.43 Å². The molecule has 3 atom stereocenters. The molecule has 0 bridgehead atoms. The van der Waals surface area contributed by atoms with Crippen molar-refractivity contribution in [2.45, 2.75) is 92.5 Å². The number of hydrogen-bond acceptors (Lipinski definition) is 1. The number of alkyl halides is 1. The summed E-state index contributed by atoms with van der Waals surface area (Å²) in [5.41, 5.74) is 2.75. The lowest BCUT2D eigenvalue weighted by molar-refractivity contribution is 0.253. The monoisotopic (exact) mass is 416 g/mol. The van der Waals surface area contributed by atoms with Gasteiger partial charge in [-0.05, 0) is 61.4 Å². The van der Waals surface area contributed by atoms with Gasteiger partial charge in [-0.1, -0.05) is 76.0 Å². The largest absolute Gasteiger partial charge is 0.407 e. The zero-order valence-electron chi connectivity index (χ0n) is 17.4. The molecular weight excluding hydrogens is 376 g/mol. The first-order valence-corrected chi connectivity index (χ1v) is 13.5. The van der Waals surface area contributed by atoms with Gasteiger partial charge in [-0.25, -0.2) is 0 Å². The van der Waals surface area contributed by atoms with Gasteiger partial charge in [-0.15, -0.1) is 0 Å². The Labute approximate surface area is 161 Å². The fourth-order valence-corrected chi connectivity index (χ4v) is 6.81. The van der Waals surface area contributed by atoms with Crippen molar-refractivity contribution in [2.24, 2.45) is 11.8 Å². The van der Waals surface area contributed by atoms with Crippen LogP contribution < -0.4 is 0 Å². The zero-order valence-corrected chi connectivity index (χ0v) is 20.0. The summed E-state index contributed by atoms with van der Waals surface area (Å²) in [7, 11) is -1.62. The molecule has 0 fully saturated rings. The van der Waals surface area contributed by atoms with Crippen LogP contribution >= 0.6 is 15.9 Å². The summed E-state index contributed by atoms with van der Waals surface area (Å²) in [6.07, 6.45) is 7.41. The first-order valence-electron chi connectivity index (χ1n) is 9.87. The molecule has 0 aliphatic carbocycles. The molecule has 0 radical (unpaired) electrons. The van der Waals surface area contributed by atoms with Gasteiger partial charge >= 0.3 is 0 Å². The van der Waals surface area contributed by atoms with E-state index in [1.54, 1.807) is 0 Å². The maximum Gasteiger partial charge on any atom is 0.193 e. The van der Waals surface area contributed by atoms with E-state index in [1.165, 1.54) is 42.1 Å². The number of allylic oxidation sites excluding steroid dienone is 2. The van der Waals surface area contributed by atoms with Gasteiger partial charge in [0.1, 0.15) is 0 Å². The highest BCUT2D eigenvalue weighted by Crippen LogP contribution is 2.30. The summed E-state index contributed by atoms with van der Waals surface area (Å²) in [6, 6.07) is 3.61. The van der Waals surface area contributed by atoms with Gasteiger partial charge in [-0.3, -0.25) is 0 Å². The lowest BCUT2D eigenvalue weighted by Gasteiger charge is -2.35. The second kappa shape index (κ2) is 12.5. The minimum absolute atomic E-state index is 0.161. The Morgan fingerprint density at radius 1 is 1.00 bits per heavy atom. The molecule has 0 aromatic carbocycles. The van der Waals surface area contributed by atoms with E-state index >= 15 is 0 Å². The van der Waals surface area contributed by atoms with Crippen LogP contribution in [0.5, 0.6) is 0 Å². The molecule has 0 unspecified atom stereocenters. The molecule has 0 amide bonds. The first kappa shape index (κ1) is 24.1. The molecule has 0 aliphatic heterocycles. The minimum atomic E-state index is -1.62. The molecule has 0 saturated heterocycles. The molecule has 0 spiro atoms. The fourth-order valence-electron chi connectivity index (χ4n) is 3.43. The zero-order chi connectivity index (χ0) is 18.8. The van der Waals surface area contributed by atoms with Crippen molar-refractivity contribution in [3.05, 3.63) is 23.3 Å². The normalized spacial score (nSPS) is 17.7. The van der Waals surface area contributed by atoms with Crippen molar-refractivity contribution in [3.8, 4) is 0 Å². The lowest BCUT2D eigenvalue weighted by Crippen LogP contribution is -2.40. The van der Waals surface area contributed by atoms with Gasteiger partial charge in [0.15, 0.2) is 8.32 Å². The minimum Gasteiger partial charge on any atom is -0.407 e. The van der Waals surface area contributed by atoms with Gasteiger partial charge in [0, 0.05) is 5.33 Å². The van der Waals surface area contributed by atoms with Gasteiger partial charge in [0.25, 0.3) is 0 Å². The number of hydrogen-bond donors (Lipinski definition) is 0. The van der Waals surface area contributed by atoms with Gasteiger partial charge in [0.05, 0.1) is 6.10 Å². The van der Waals surface area contributed by atoms with E-state index in [2.05, 4.69) is 83.5 Å². The number of halogens is 1. The van der Waals surface area contributed by atoms with Crippen molar-refractivity contribution in [1.82, 2.24) is 0 Å². The SMILES string of the molecule is CC[C@@H](C)C[C@H](C)/C=C(\C)[C@@H](O[Si](CC)(CC)CC)/C(C)=C/CBr. The summed E-state index contributed by atoms with van der Waals surface area (Å²) in [5, 5.41) is 0.896. The summed E-state index contributed by atoms with van der Waals surface area (Å²) < 4.78 is 6.88. The molecule has 1 nitrogen and oxygen atoms in total. The predicted octanol–water partition coefficient (Wildman–Crippen LogP) is 7.74. The predicted molar refractivity (Wildman–Crippen MR) is 117 cm³/mol. The highest BCUT2D eigenvalue weighted by atomic mass is 79.9. The molecule has 0 rings (SSSR count). The van der Waals surface area contributed by atoms with Crippen molar-refractivity contribution in [2.75, 3.05) is 5.33 Å². The third-order valence-corrected chi connectivity index (χ3v) is 10.5. The molecule has 0 aromatic rings. The van der Waals surface area contributed by atoms with E-state index in [-0.39, 0.29) is 6.10 Å². The maximum atomic E-state index is 6.88. The maximum absolute atomic E-state index is 6.88. The molecule has 0 aromatic heterocycles. The van der Waals surface area contributed by atoms with Crippen LogP contribution in [0, 0.1) is 11.8 Å². The average Bonchev–Trinajstić information content (AvgIpc) is 2.56. The van der Waals surface area contributed by atoms with Crippen molar-refractivity contribution >= 4 is 24.2 Å². The van der Waals surface area contributed by atoms with Crippen LogP contribution in [0.2, 0.25) is 18.1 Å². The first-order chi connectivity index (χ1) is 11.3. The molecular formula is C21H41BrOSi. The van der Waals surface area contributed by atoms with Crippen molar-refractivity contribution < 1.29 is 4.43 Å². The van der Waals surface area contributed by atoms with Crippen LogP contribution in [0.15, 0.2) is 23.3 Å². The van der Waals surface area contributed by atoms with Crippen LogP contribution in [-0.4, -0.2) is 19.8 Å². The molecule has 0 aliphatic rings. The van der Waals surface area contributed by atoms with Gasteiger partial charge in [0.2, 0.25) is 0 Å². The Kier molecular flexibility index (Phi) is 12.6. The Bertz CT molecular complexity index is 390. The molecule has 3 heteroatoms. The summed E-state index contributed by atoms with van der Waals surface area (Å²) in [4.78, 5) is 0. The Morgan fingerprint density at radius 3 is 1.96 bits per heavy atom. The molecule has 0 saturated carbocycles. The van der Waals surface area contributed by atoms with Crippen molar-refractivity contribution in [3.63, 3.8) is 0 Å². The number of rotatable bonds is 12. The van der Waals surface area contributed by atoms with E-state index in [1.807, 2.05) is 0 Å². The summed E-state index contributed by atoms with van der Waals surface area (Å²) >= 11 is 3.55. The summed E-state index contributed by atoms with van der Waals surface area (Å²) in [5.74, 6) is 1.40. The molecule has 24 heavy (non-hydrogen) atoms.